The Kier molecular flexibility index (Phi) is 9.27. The summed E-state index contributed by atoms with van der Waals surface area (Å²) in [5.74, 6) is 0.269. The molecule has 39 heavy (non-hydrogen) atoms. The first-order valence-electron chi connectivity index (χ1n) is 12.0. The fourth-order valence-corrected chi connectivity index (χ4v) is 5.33. The molecule has 0 unspecified atom stereocenters. The number of nitrogens with zero attached hydrogens (tertiary/aromatic N) is 1. The molecule has 4 aromatic rings. The molecule has 0 bridgehead atoms. The number of carbonyl (C=O) groups excluding carboxylic acids is 1. The Labute approximate surface area is 233 Å². The van der Waals surface area contributed by atoms with Crippen LogP contribution in [0.5, 0.6) is 5.75 Å². The number of anilines is 1. The summed E-state index contributed by atoms with van der Waals surface area (Å²) in [6.45, 7) is 0.472. The lowest BCUT2D eigenvalue weighted by Gasteiger charge is -2.23. The molecule has 0 aliphatic rings. The van der Waals surface area contributed by atoms with Crippen molar-refractivity contribution in [3.05, 3.63) is 126 Å². The van der Waals surface area contributed by atoms with Crippen LogP contribution in [0.15, 0.2) is 114 Å². The van der Waals surface area contributed by atoms with Crippen LogP contribution in [0.1, 0.15) is 21.5 Å². The van der Waals surface area contributed by atoms with E-state index in [4.69, 9.17) is 17.0 Å². The molecule has 0 atom stereocenters. The van der Waals surface area contributed by atoms with Crippen LogP contribution >= 0.6 is 12.2 Å². The molecule has 4 rings (SSSR count). The summed E-state index contributed by atoms with van der Waals surface area (Å²) in [5.41, 5.74) is 7.93. The normalized spacial score (nSPS) is 11.0. The maximum absolute atomic E-state index is 13.6. The monoisotopic (exact) mass is 560 g/mol. The van der Waals surface area contributed by atoms with E-state index in [1.165, 1.54) is 16.4 Å². The number of nitrogens with one attached hydrogen (secondary N) is 3. The molecule has 0 aliphatic heterocycles. The van der Waals surface area contributed by atoms with E-state index in [1.807, 2.05) is 60.7 Å². The fourth-order valence-electron chi connectivity index (χ4n) is 3.75. The highest BCUT2D eigenvalue weighted by molar-refractivity contribution is 7.89. The smallest absolute Gasteiger partial charge is 0.269 e. The average Bonchev–Trinajstić information content (AvgIpc) is 2.97. The van der Waals surface area contributed by atoms with Crippen molar-refractivity contribution >= 4 is 38.9 Å². The largest absolute Gasteiger partial charge is 0.497 e. The van der Waals surface area contributed by atoms with Crippen molar-refractivity contribution in [2.24, 2.45) is 0 Å². The van der Waals surface area contributed by atoms with Crippen LogP contribution in [-0.2, 0) is 23.1 Å². The first-order chi connectivity index (χ1) is 18.8. The second-order valence-corrected chi connectivity index (χ2v) is 10.9. The molecular formula is C29H28N4O4S2. The molecule has 200 valence electrons. The molecular weight excluding hydrogens is 532 g/mol. The summed E-state index contributed by atoms with van der Waals surface area (Å²) >= 11 is 5.25. The number of hydrogen-bond donors (Lipinski definition) is 3. The summed E-state index contributed by atoms with van der Waals surface area (Å²) < 4.78 is 33.8. The molecule has 0 fully saturated rings. The Hall–Kier alpha value is -4.25. The first kappa shape index (κ1) is 27.8. The number of hydrazine groups is 1. The molecule has 3 N–H and O–H groups in total. The van der Waals surface area contributed by atoms with E-state index in [-0.39, 0.29) is 29.0 Å². The average molecular weight is 561 g/mol. The van der Waals surface area contributed by atoms with E-state index in [2.05, 4.69) is 16.2 Å². The number of benzene rings is 4. The van der Waals surface area contributed by atoms with Crippen LogP contribution in [0.3, 0.4) is 0 Å². The minimum atomic E-state index is -3.81. The Balaban J connectivity index is 1.41. The summed E-state index contributed by atoms with van der Waals surface area (Å²) in [6.07, 6.45) is 0. The van der Waals surface area contributed by atoms with E-state index in [0.717, 1.165) is 11.1 Å². The Morgan fingerprint density at radius 2 is 1.31 bits per heavy atom. The number of amides is 1. The van der Waals surface area contributed by atoms with Gasteiger partial charge in [-0.05, 0) is 71.9 Å². The maximum atomic E-state index is 13.6. The van der Waals surface area contributed by atoms with Gasteiger partial charge in [-0.3, -0.25) is 15.6 Å². The molecule has 0 saturated heterocycles. The third-order valence-corrected chi connectivity index (χ3v) is 7.81. The van der Waals surface area contributed by atoms with Crippen molar-refractivity contribution in [3.63, 3.8) is 0 Å². The van der Waals surface area contributed by atoms with Gasteiger partial charge in [0.05, 0.1) is 12.0 Å². The second kappa shape index (κ2) is 13.0. The molecule has 0 saturated carbocycles. The van der Waals surface area contributed by atoms with Gasteiger partial charge >= 0.3 is 0 Å². The molecule has 0 radical (unpaired) electrons. The molecule has 0 spiro atoms. The third-order valence-electron chi connectivity index (χ3n) is 5.80. The van der Waals surface area contributed by atoms with Gasteiger partial charge in [0, 0.05) is 24.3 Å². The predicted octanol–water partition coefficient (Wildman–Crippen LogP) is 4.72. The summed E-state index contributed by atoms with van der Waals surface area (Å²) in [6, 6.07) is 31.9. The fraction of sp³-hybridized carbons (Fsp3) is 0.103. The summed E-state index contributed by atoms with van der Waals surface area (Å²) in [5, 5.41) is 3.07. The molecule has 8 nitrogen and oxygen atoms in total. The molecule has 4 aromatic carbocycles. The number of hydrogen-bond acceptors (Lipinski definition) is 5. The van der Waals surface area contributed by atoms with Crippen LogP contribution in [0.25, 0.3) is 0 Å². The van der Waals surface area contributed by atoms with Gasteiger partial charge in [0.25, 0.3) is 5.91 Å². The van der Waals surface area contributed by atoms with Crippen molar-refractivity contribution in [1.29, 1.82) is 0 Å². The minimum absolute atomic E-state index is 0.141. The van der Waals surface area contributed by atoms with Crippen LogP contribution in [0.2, 0.25) is 0 Å². The van der Waals surface area contributed by atoms with E-state index < -0.39 is 10.0 Å². The van der Waals surface area contributed by atoms with Gasteiger partial charge in [-0.1, -0.05) is 60.7 Å². The van der Waals surface area contributed by atoms with Crippen LogP contribution in [0, 0.1) is 0 Å². The van der Waals surface area contributed by atoms with Crippen LogP contribution < -0.4 is 20.9 Å². The zero-order valence-electron chi connectivity index (χ0n) is 21.2. The van der Waals surface area contributed by atoms with Crippen LogP contribution in [-0.4, -0.2) is 30.9 Å². The Morgan fingerprint density at radius 1 is 0.769 bits per heavy atom. The topological polar surface area (TPSA) is 99.8 Å². The van der Waals surface area contributed by atoms with Crippen molar-refractivity contribution < 1.29 is 17.9 Å². The first-order valence-corrected chi connectivity index (χ1v) is 13.9. The van der Waals surface area contributed by atoms with E-state index in [9.17, 15) is 13.2 Å². The Bertz CT molecular complexity index is 1460. The van der Waals surface area contributed by atoms with E-state index in [0.29, 0.717) is 17.0 Å². The number of rotatable bonds is 9. The van der Waals surface area contributed by atoms with Gasteiger partial charge in [0.1, 0.15) is 5.75 Å². The van der Waals surface area contributed by atoms with Crippen molar-refractivity contribution in [2.45, 2.75) is 18.0 Å². The predicted molar refractivity (Wildman–Crippen MR) is 156 cm³/mol. The Morgan fingerprint density at radius 3 is 1.82 bits per heavy atom. The minimum Gasteiger partial charge on any atom is -0.497 e. The number of thiocarbonyl (C=S) groups is 1. The lowest BCUT2D eigenvalue weighted by molar-refractivity contribution is 0.0944. The van der Waals surface area contributed by atoms with Crippen molar-refractivity contribution in [3.8, 4) is 5.75 Å². The van der Waals surface area contributed by atoms with E-state index >= 15 is 0 Å². The van der Waals surface area contributed by atoms with Gasteiger partial charge in [-0.15, -0.1) is 0 Å². The lowest BCUT2D eigenvalue weighted by atomic mass is 10.2. The quantitative estimate of drug-likeness (QED) is 0.201. The SMILES string of the molecule is COc1ccc(C(=O)NNC(=S)Nc2ccc(S(=O)(=O)N(Cc3ccccc3)Cc3ccccc3)cc2)cc1. The van der Waals surface area contributed by atoms with E-state index in [1.54, 1.807) is 43.5 Å². The second-order valence-electron chi connectivity index (χ2n) is 8.53. The summed E-state index contributed by atoms with van der Waals surface area (Å²) in [4.78, 5) is 12.5. The number of carbonyl (C=O) groups is 1. The standard InChI is InChI=1S/C29H28N4O4S2/c1-37-26-16-12-24(13-17-26)28(34)31-32-29(38)30-25-14-18-27(19-15-25)39(35,36)33(20-22-8-4-2-5-9-22)21-23-10-6-3-7-11-23/h2-19H,20-21H2,1H3,(H,31,34)(H2,30,32,38). The summed E-state index contributed by atoms with van der Waals surface area (Å²) in [7, 11) is -2.26. The van der Waals surface area contributed by atoms with Gasteiger partial charge < -0.3 is 10.1 Å². The molecule has 0 heterocycles. The van der Waals surface area contributed by atoms with Crippen molar-refractivity contribution in [1.82, 2.24) is 15.2 Å². The van der Waals surface area contributed by atoms with Gasteiger partial charge in [-0.2, -0.15) is 4.31 Å². The molecule has 1 amide bonds. The molecule has 10 heteroatoms. The maximum Gasteiger partial charge on any atom is 0.269 e. The number of methoxy groups -OCH3 is 1. The zero-order chi connectivity index (χ0) is 27.7. The van der Waals surface area contributed by atoms with Crippen molar-refractivity contribution in [2.75, 3.05) is 12.4 Å². The van der Waals surface area contributed by atoms with Crippen LogP contribution in [0.4, 0.5) is 5.69 Å². The van der Waals surface area contributed by atoms with Gasteiger partial charge in [0.2, 0.25) is 10.0 Å². The number of sulfonamides is 1. The highest BCUT2D eigenvalue weighted by Crippen LogP contribution is 2.23. The highest BCUT2D eigenvalue weighted by Gasteiger charge is 2.25. The third kappa shape index (κ3) is 7.64. The van der Waals surface area contributed by atoms with Gasteiger partial charge in [-0.25, -0.2) is 8.42 Å². The number of ether oxygens (including phenoxy) is 1. The lowest BCUT2D eigenvalue weighted by Crippen LogP contribution is -2.43. The highest BCUT2D eigenvalue weighted by atomic mass is 32.2. The molecule has 0 aliphatic carbocycles. The van der Waals surface area contributed by atoms with Gasteiger partial charge in [0.15, 0.2) is 5.11 Å². The zero-order valence-corrected chi connectivity index (χ0v) is 22.8. The molecule has 0 aromatic heterocycles.